The lowest BCUT2D eigenvalue weighted by Gasteiger charge is -2.30. The highest BCUT2D eigenvalue weighted by Crippen LogP contribution is 2.39. The van der Waals surface area contributed by atoms with Crippen LogP contribution in [-0.4, -0.2) is 22.3 Å². The van der Waals surface area contributed by atoms with Crippen LogP contribution in [0.3, 0.4) is 0 Å². The summed E-state index contributed by atoms with van der Waals surface area (Å²) in [7, 11) is 0. The number of halogens is 2. The van der Waals surface area contributed by atoms with Gasteiger partial charge in [0, 0.05) is 22.5 Å². The number of hydrogen-bond donors (Lipinski definition) is 2. The number of anilines is 3. The third-order valence-electron chi connectivity index (χ3n) is 6.33. The maximum absolute atomic E-state index is 14.8. The van der Waals surface area contributed by atoms with Gasteiger partial charge in [-0.05, 0) is 61.6 Å². The van der Waals surface area contributed by atoms with E-state index in [1.54, 1.807) is 6.26 Å². The zero-order valence-electron chi connectivity index (χ0n) is 21.1. The zero-order chi connectivity index (χ0) is 27.0. The van der Waals surface area contributed by atoms with Crippen LogP contribution in [-0.2, 0) is 6.54 Å². The summed E-state index contributed by atoms with van der Waals surface area (Å²) in [6.07, 6.45) is 1.80. The Bertz CT molecular complexity index is 1550. The van der Waals surface area contributed by atoms with Gasteiger partial charge in [0.25, 0.3) is 0 Å². The fourth-order valence-corrected chi connectivity index (χ4v) is 4.67. The van der Waals surface area contributed by atoms with Crippen molar-refractivity contribution in [2.45, 2.75) is 25.5 Å². The fraction of sp³-hybridized carbons (Fsp3) is 0.138. The van der Waals surface area contributed by atoms with Crippen LogP contribution in [0.5, 0.6) is 0 Å². The predicted octanol–water partition coefficient (Wildman–Crippen LogP) is 7.20. The number of fused-ring (bicyclic) bond motifs is 1. The Morgan fingerprint density at radius 2 is 1.76 bits per heavy atom. The van der Waals surface area contributed by atoms with E-state index in [4.69, 9.17) is 4.98 Å². The summed E-state index contributed by atoms with van der Waals surface area (Å²) in [4.78, 5) is 23.1. The van der Waals surface area contributed by atoms with Crippen LogP contribution < -0.4 is 15.5 Å². The molecule has 1 aromatic heterocycles. The first-order chi connectivity index (χ1) is 18.3. The number of nitrogens with one attached hydrogen (secondary N) is 2. The van der Waals surface area contributed by atoms with Crippen LogP contribution in [0.1, 0.15) is 22.3 Å². The molecule has 0 fully saturated rings. The number of aromatic nitrogens is 2. The molecule has 0 bridgehead atoms. The summed E-state index contributed by atoms with van der Waals surface area (Å²) in [6, 6.07) is 16.7. The van der Waals surface area contributed by atoms with Crippen LogP contribution in [0.15, 0.2) is 72.4 Å². The maximum Gasteiger partial charge on any atom is 0.328 e. The van der Waals surface area contributed by atoms with Crippen molar-refractivity contribution in [3.8, 4) is 11.3 Å². The smallest absolute Gasteiger partial charge is 0.328 e. The largest absolute Gasteiger partial charge is 0.356 e. The molecule has 0 saturated carbocycles. The molecule has 4 aromatic rings. The number of thioether (sulfide) groups is 1. The first kappa shape index (κ1) is 25.4. The van der Waals surface area contributed by atoms with Gasteiger partial charge in [-0.1, -0.05) is 54.2 Å². The summed E-state index contributed by atoms with van der Waals surface area (Å²) in [5.41, 5.74) is 6.01. The van der Waals surface area contributed by atoms with Gasteiger partial charge in [-0.15, -0.1) is 0 Å². The van der Waals surface area contributed by atoms with Crippen molar-refractivity contribution in [2.24, 2.45) is 0 Å². The first-order valence-corrected chi connectivity index (χ1v) is 13.1. The van der Waals surface area contributed by atoms with Crippen molar-refractivity contribution >= 4 is 40.7 Å². The SMILES string of the molecule is C=C(Nc1ccc(C)cc1)c1ccc(C)c(-c2nc(SC)nc3c2CNC(=O)N3c2c(F)cccc2F)c1. The summed E-state index contributed by atoms with van der Waals surface area (Å²) in [5, 5.41) is 6.43. The Morgan fingerprint density at radius 1 is 1.05 bits per heavy atom. The Labute approximate surface area is 223 Å². The maximum atomic E-state index is 14.8. The van der Waals surface area contributed by atoms with Gasteiger partial charge in [0.1, 0.15) is 17.3 Å². The van der Waals surface area contributed by atoms with Gasteiger partial charge >= 0.3 is 6.03 Å². The molecular formula is C29H25F2N5OS. The van der Waals surface area contributed by atoms with Gasteiger partial charge < -0.3 is 10.6 Å². The van der Waals surface area contributed by atoms with E-state index in [1.807, 2.05) is 56.3 Å². The van der Waals surface area contributed by atoms with Crippen molar-refractivity contribution in [2.75, 3.05) is 16.5 Å². The molecular weight excluding hydrogens is 504 g/mol. The molecule has 192 valence electrons. The van der Waals surface area contributed by atoms with Crippen molar-refractivity contribution in [1.29, 1.82) is 0 Å². The second-order valence-electron chi connectivity index (χ2n) is 8.92. The average Bonchev–Trinajstić information content (AvgIpc) is 2.90. The van der Waals surface area contributed by atoms with E-state index in [-0.39, 0.29) is 12.4 Å². The van der Waals surface area contributed by atoms with Gasteiger partial charge in [0.2, 0.25) is 0 Å². The summed E-state index contributed by atoms with van der Waals surface area (Å²) < 4.78 is 29.6. The highest BCUT2D eigenvalue weighted by molar-refractivity contribution is 7.98. The van der Waals surface area contributed by atoms with E-state index in [2.05, 4.69) is 22.2 Å². The summed E-state index contributed by atoms with van der Waals surface area (Å²) in [5.74, 6) is -1.58. The van der Waals surface area contributed by atoms with E-state index in [0.717, 1.165) is 45.0 Å². The standard InChI is InChI=1S/C29H25F2N5OS/c1-16-8-12-20(13-9-16)33-18(3)19-11-10-17(2)21(14-19)25-22-15-32-29(37)36(27(22)35-28(34-25)38-4)26-23(30)6-5-7-24(26)31/h5-14,33H,3,15H2,1-2,4H3,(H,32,37). The van der Waals surface area contributed by atoms with E-state index >= 15 is 0 Å². The van der Waals surface area contributed by atoms with E-state index in [0.29, 0.717) is 22.1 Å². The van der Waals surface area contributed by atoms with Crippen molar-refractivity contribution in [3.63, 3.8) is 0 Å². The number of amides is 2. The molecule has 38 heavy (non-hydrogen) atoms. The molecule has 0 radical (unpaired) electrons. The molecule has 0 spiro atoms. The van der Waals surface area contributed by atoms with E-state index in [1.165, 1.54) is 17.8 Å². The fourth-order valence-electron chi connectivity index (χ4n) is 4.31. The van der Waals surface area contributed by atoms with Gasteiger partial charge in [0.15, 0.2) is 11.0 Å². The molecule has 5 rings (SSSR count). The average molecular weight is 530 g/mol. The molecule has 2 heterocycles. The van der Waals surface area contributed by atoms with Crippen LogP contribution in [0.25, 0.3) is 17.0 Å². The Morgan fingerprint density at radius 3 is 2.45 bits per heavy atom. The second kappa shape index (κ2) is 10.3. The highest BCUT2D eigenvalue weighted by Gasteiger charge is 2.34. The predicted molar refractivity (Wildman–Crippen MR) is 149 cm³/mol. The van der Waals surface area contributed by atoms with Gasteiger partial charge in [-0.3, -0.25) is 0 Å². The Kier molecular flexibility index (Phi) is 6.86. The monoisotopic (exact) mass is 529 g/mol. The number of carbonyl (C=O) groups excluding carboxylic acids is 1. The van der Waals surface area contributed by atoms with E-state index < -0.39 is 23.4 Å². The molecule has 0 atom stereocenters. The zero-order valence-corrected chi connectivity index (χ0v) is 21.9. The minimum atomic E-state index is -0.865. The van der Waals surface area contributed by atoms with Crippen molar-refractivity contribution in [1.82, 2.24) is 15.3 Å². The lowest BCUT2D eigenvalue weighted by molar-refractivity contribution is 0.246. The lowest BCUT2D eigenvalue weighted by Crippen LogP contribution is -2.43. The van der Waals surface area contributed by atoms with Gasteiger partial charge in [0.05, 0.1) is 12.2 Å². The lowest BCUT2D eigenvalue weighted by atomic mass is 9.97. The van der Waals surface area contributed by atoms with Crippen molar-refractivity contribution in [3.05, 3.63) is 101 Å². The number of carbonyl (C=O) groups is 1. The van der Waals surface area contributed by atoms with E-state index in [9.17, 15) is 13.6 Å². The Hall–Kier alpha value is -4.24. The number of rotatable bonds is 6. The molecule has 2 amide bonds. The molecule has 3 aromatic carbocycles. The molecule has 1 aliphatic heterocycles. The number of nitrogens with zero attached hydrogens (tertiary/aromatic N) is 3. The third-order valence-corrected chi connectivity index (χ3v) is 6.88. The molecule has 6 nitrogen and oxygen atoms in total. The van der Waals surface area contributed by atoms with Gasteiger partial charge in [-0.25, -0.2) is 28.4 Å². The molecule has 2 N–H and O–H groups in total. The molecule has 0 aliphatic carbocycles. The number of hydrogen-bond acceptors (Lipinski definition) is 5. The molecule has 1 aliphatic rings. The quantitative estimate of drug-likeness (QED) is 0.204. The number of benzene rings is 3. The summed E-state index contributed by atoms with van der Waals surface area (Å²) in [6.45, 7) is 8.31. The van der Waals surface area contributed by atoms with Gasteiger partial charge in [-0.2, -0.15) is 0 Å². The van der Waals surface area contributed by atoms with Crippen molar-refractivity contribution < 1.29 is 13.6 Å². The molecule has 0 unspecified atom stereocenters. The van der Waals surface area contributed by atoms with Crippen LogP contribution in [0.4, 0.5) is 30.8 Å². The normalized spacial score (nSPS) is 12.7. The minimum absolute atomic E-state index is 0.108. The summed E-state index contributed by atoms with van der Waals surface area (Å²) >= 11 is 1.28. The number of urea groups is 1. The third kappa shape index (κ3) is 4.72. The number of aryl methyl sites for hydroxylation is 2. The molecule has 9 heteroatoms. The van der Waals surface area contributed by atoms with Crippen LogP contribution >= 0.6 is 11.8 Å². The first-order valence-electron chi connectivity index (χ1n) is 11.9. The molecule has 0 saturated heterocycles. The van der Waals surface area contributed by atoms with Crippen LogP contribution in [0.2, 0.25) is 0 Å². The highest BCUT2D eigenvalue weighted by atomic mass is 32.2. The topological polar surface area (TPSA) is 70.1 Å². The minimum Gasteiger partial charge on any atom is -0.356 e. The number of para-hydroxylation sites is 1. The Balaban J connectivity index is 1.63. The second-order valence-corrected chi connectivity index (χ2v) is 9.70. The van der Waals surface area contributed by atoms with Crippen LogP contribution in [0, 0.1) is 25.5 Å².